The van der Waals surface area contributed by atoms with Crippen LogP contribution in [0.5, 0.6) is 11.5 Å². The Hall–Kier alpha value is -3.70. The fraction of sp³-hybridized carbons (Fsp3) is 0.296. The van der Waals surface area contributed by atoms with Gasteiger partial charge in [0.25, 0.3) is 5.91 Å². The number of methoxy groups -OCH3 is 1. The average molecular weight is 494 g/mol. The number of rotatable bonds is 11. The van der Waals surface area contributed by atoms with Crippen LogP contribution in [0.2, 0.25) is 0 Å². The van der Waals surface area contributed by atoms with E-state index in [9.17, 15) is 14.4 Å². The largest absolute Gasteiger partial charge is 0.493 e. The molecule has 0 bridgehead atoms. The first-order chi connectivity index (χ1) is 16.9. The van der Waals surface area contributed by atoms with E-state index < -0.39 is 5.91 Å². The van der Waals surface area contributed by atoms with Gasteiger partial charge in [0, 0.05) is 10.4 Å². The number of hydrogen-bond acceptors (Lipinski definition) is 6. The molecule has 2 aromatic carbocycles. The van der Waals surface area contributed by atoms with E-state index in [-0.39, 0.29) is 11.4 Å². The maximum absolute atomic E-state index is 13.2. The number of aromatic nitrogens is 1. The van der Waals surface area contributed by atoms with Crippen molar-refractivity contribution in [3.8, 4) is 28.8 Å². The standard InChI is InChI=1S/C27H28FN3O3S/c1-4-5-6-7-14-34-23-13-8-19(16-24(23)33-3)15-21(17-29)26(32)31-27-30-25(18(2)35-27)20-9-11-22(28)12-10-20/h8-13,15-16H,4-7,14H2,1-3H3,(H,30,31,32)/b21-15+. The van der Waals surface area contributed by atoms with Gasteiger partial charge in [0.1, 0.15) is 17.5 Å². The molecule has 0 unspecified atom stereocenters. The first-order valence-corrected chi connectivity index (χ1v) is 12.2. The van der Waals surface area contributed by atoms with E-state index in [1.54, 1.807) is 37.4 Å². The molecule has 0 saturated heterocycles. The Morgan fingerprint density at radius 1 is 1.17 bits per heavy atom. The van der Waals surface area contributed by atoms with Crippen LogP contribution in [0.3, 0.4) is 0 Å². The number of unbranched alkanes of at least 4 members (excludes halogenated alkanes) is 3. The van der Waals surface area contributed by atoms with E-state index in [2.05, 4.69) is 17.2 Å². The minimum Gasteiger partial charge on any atom is -0.493 e. The molecule has 0 saturated carbocycles. The molecule has 182 valence electrons. The third-order valence-electron chi connectivity index (χ3n) is 5.25. The van der Waals surface area contributed by atoms with Crippen LogP contribution in [-0.4, -0.2) is 24.6 Å². The third-order valence-corrected chi connectivity index (χ3v) is 6.14. The summed E-state index contributed by atoms with van der Waals surface area (Å²) < 4.78 is 24.5. The first-order valence-electron chi connectivity index (χ1n) is 11.4. The normalized spacial score (nSPS) is 11.1. The Labute approximate surface area is 209 Å². The summed E-state index contributed by atoms with van der Waals surface area (Å²) in [5.74, 6) is 0.256. The lowest BCUT2D eigenvalue weighted by atomic mass is 10.1. The predicted octanol–water partition coefficient (Wildman–Crippen LogP) is 6.77. The minimum absolute atomic E-state index is 0.0727. The number of amides is 1. The molecule has 0 spiro atoms. The van der Waals surface area contributed by atoms with Crippen molar-refractivity contribution < 1.29 is 18.7 Å². The van der Waals surface area contributed by atoms with Gasteiger partial charge in [0.05, 0.1) is 19.4 Å². The molecular formula is C27H28FN3O3S. The van der Waals surface area contributed by atoms with Gasteiger partial charge in [0.15, 0.2) is 16.6 Å². The Kier molecular flexibility index (Phi) is 9.39. The number of halogens is 1. The molecule has 3 aromatic rings. The van der Waals surface area contributed by atoms with E-state index >= 15 is 0 Å². The number of nitrogens with zero attached hydrogens (tertiary/aromatic N) is 2. The minimum atomic E-state index is -0.567. The zero-order chi connectivity index (χ0) is 25.2. The smallest absolute Gasteiger partial charge is 0.268 e. The van der Waals surface area contributed by atoms with Crippen LogP contribution in [0.15, 0.2) is 48.0 Å². The van der Waals surface area contributed by atoms with Crippen molar-refractivity contribution in [2.75, 3.05) is 19.0 Å². The van der Waals surface area contributed by atoms with Gasteiger partial charge in [0.2, 0.25) is 0 Å². The topological polar surface area (TPSA) is 84.2 Å². The number of aryl methyl sites for hydroxylation is 1. The molecule has 6 nitrogen and oxygen atoms in total. The zero-order valence-corrected chi connectivity index (χ0v) is 20.9. The Bertz CT molecular complexity index is 1230. The number of hydrogen-bond donors (Lipinski definition) is 1. The molecule has 35 heavy (non-hydrogen) atoms. The number of carbonyl (C=O) groups excluding carboxylic acids is 1. The Morgan fingerprint density at radius 2 is 1.94 bits per heavy atom. The SMILES string of the molecule is CCCCCCOc1ccc(/C=C(\C#N)C(=O)Nc2nc(-c3ccc(F)cc3)c(C)s2)cc1OC. The van der Waals surface area contributed by atoms with E-state index in [0.29, 0.717) is 34.5 Å². The van der Waals surface area contributed by atoms with Crippen molar-refractivity contribution in [2.24, 2.45) is 0 Å². The number of nitrogens with one attached hydrogen (secondary N) is 1. The van der Waals surface area contributed by atoms with Gasteiger partial charge < -0.3 is 9.47 Å². The summed E-state index contributed by atoms with van der Waals surface area (Å²) in [4.78, 5) is 18.1. The van der Waals surface area contributed by atoms with E-state index in [4.69, 9.17) is 9.47 Å². The number of anilines is 1. The summed E-state index contributed by atoms with van der Waals surface area (Å²) in [5.41, 5.74) is 1.96. The van der Waals surface area contributed by atoms with Gasteiger partial charge in [-0.1, -0.05) is 32.3 Å². The molecule has 0 fully saturated rings. The van der Waals surface area contributed by atoms with Crippen molar-refractivity contribution in [1.82, 2.24) is 4.98 Å². The van der Waals surface area contributed by atoms with Crippen molar-refractivity contribution in [2.45, 2.75) is 39.5 Å². The van der Waals surface area contributed by atoms with Gasteiger partial charge in [-0.05, 0) is 61.4 Å². The monoisotopic (exact) mass is 493 g/mol. The molecule has 1 aromatic heterocycles. The van der Waals surface area contributed by atoms with Gasteiger partial charge in [-0.25, -0.2) is 9.37 Å². The van der Waals surface area contributed by atoms with Crippen molar-refractivity contribution >= 4 is 28.5 Å². The lowest BCUT2D eigenvalue weighted by molar-refractivity contribution is -0.112. The van der Waals surface area contributed by atoms with E-state index in [1.807, 2.05) is 13.0 Å². The maximum atomic E-state index is 13.2. The molecule has 0 aliphatic rings. The van der Waals surface area contributed by atoms with Crippen LogP contribution >= 0.6 is 11.3 Å². The Balaban J connectivity index is 1.71. The molecule has 0 radical (unpaired) electrons. The third kappa shape index (κ3) is 7.14. The molecule has 1 amide bonds. The summed E-state index contributed by atoms with van der Waals surface area (Å²) in [5, 5.41) is 12.6. The van der Waals surface area contributed by atoms with Crippen LogP contribution in [0.25, 0.3) is 17.3 Å². The second-order valence-corrected chi connectivity index (χ2v) is 9.08. The van der Waals surface area contributed by atoms with Crippen molar-refractivity contribution in [1.29, 1.82) is 5.26 Å². The van der Waals surface area contributed by atoms with E-state index in [1.165, 1.54) is 36.0 Å². The number of nitriles is 1. The van der Waals surface area contributed by atoms with Crippen molar-refractivity contribution in [3.63, 3.8) is 0 Å². The first kappa shape index (κ1) is 25.9. The van der Waals surface area contributed by atoms with Gasteiger partial charge in [-0.3, -0.25) is 10.1 Å². The summed E-state index contributed by atoms with van der Waals surface area (Å²) >= 11 is 1.29. The number of carbonyl (C=O) groups is 1. The van der Waals surface area contributed by atoms with Gasteiger partial charge in [-0.15, -0.1) is 11.3 Å². The number of thiazole rings is 1. The highest BCUT2D eigenvalue weighted by Crippen LogP contribution is 2.31. The average Bonchev–Trinajstić information content (AvgIpc) is 3.22. The highest BCUT2D eigenvalue weighted by atomic mass is 32.1. The second kappa shape index (κ2) is 12.7. The summed E-state index contributed by atoms with van der Waals surface area (Å²) in [6.45, 7) is 4.63. The van der Waals surface area contributed by atoms with Crippen LogP contribution in [0, 0.1) is 24.1 Å². The molecule has 1 N–H and O–H groups in total. The quantitative estimate of drug-likeness (QED) is 0.181. The molecule has 0 atom stereocenters. The highest BCUT2D eigenvalue weighted by Gasteiger charge is 2.16. The number of benzene rings is 2. The summed E-state index contributed by atoms with van der Waals surface area (Å²) in [6, 6.07) is 13.2. The molecule has 0 aliphatic heterocycles. The van der Waals surface area contributed by atoms with Crippen LogP contribution in [-0.2, 0) is 4.79 Å². The van der Waals surface area contributed by atoms with Crippen LogP contribution < -0.4 is 14.8 Å². The van der Waals surface area contributed by atoms with Crippen LogP contribution in [0.4, 0.5) is 9.52 Å². The molecule has 3 rings (SSSR count). The number of ether oxygens (including phenoxy) is 2. The molecule has 1 heterocycles. The molecule has 8 heteroatoms. The highest BCUT2D eigenvalue weighted by molar-refractivity contribution is 7.16. The lowest BCUT2D eigenvalue weighted by Gasteiger charge is -2.11. The fourth-order valence-electron chi connectivity index (χ4n) is 3.41. The van der Waals surface area contributed by atoms with Crippen LogP contribution in [0.1, 0.15) is 43.0 Å². The maximum Gasteiger partial charge on any atom is 0.268 e. The lowest BCUT2D eigenvalue weighted by Crippen LogP contribution is -2.13. The van der Waals surface area contributed by atoms with Gasteiger partial charge >= 0.3 is 0 Å². The molecule has 0 aliphatic carbocycles. The Morgan fingerprint density at radius 3 is 2.63 bits per heavy atom. The second-order valence-electron chi connectivity index (χ2n) is 7.87. The zero-order valence-electron chi connectivity index (χ0n) is 20.1. The summed E-state index contributed by atoms with van der Waals surface area (Å²) in [6.07, 6.45) is 5.92. The van der Waals surface area contributed by atoms with Gasteiger partial charge in [-0.2, -0.15) is 5.26 Å². The predicted molar refractivity (Wildman–Crippen MR) is 137 cm³/mol. The summed E-state index contributed by atoms with van der Waals surface area (Å²) in [7, 11) is 1.55. The van der Waals surface area contributed by atoms with E-state index in [0.717, 1.165) is 29.7 Å². The van der Waals surface area contributed by atoms with Crippen molar-refractivity contribution in [3.05, 3.63) is 64.3 Å². The fourth-order valence-corrected chi connectivity index (χ4v) is 4.24. The molecular weight excluding hydrogens is 465 g/mol.